The second-order valence-corrected chi connectivity index (χ2v) is 13.4. The highest BCUT2D eigenvalue weighted by atomic mass is 33.1. The van der Waals surface area contributed by atoms with E-state index in [9.17, 15) is 4.79 Å². The zero-order valence-corrected chi connectivity index (χ0v) is 32.2. The monoisotopic (exact) mass is 772 g/mol. The number of rotatable bonds is 41. The fourth-order valence-electron chi connectivity index (χ4n) is 3.72. The molecule has 19 heteroatoms. The SMILES string of the molecule is Cc1cn(CCOCCOCCOCCOCCOCCOCCOCCOCCOCCOCCNC(=O)CCSSC[C@H](N)CCN)nn1. The summed E-state index contributed by atoms with van der Waals surface area (Å²) >= 11 is 0. The normalized spacial score (nSPS) is 12.1. The standard InChI is InChI=1S/C32H64N6O11S2/c1-30-28-38(37-36-30)6-8-41-10-12-43-14-16-45-18-20-47-22-24-49-26-25-48-23-21-46-19-17-44-15-13-42-11-9-40-7-5-35-32(39)3-27-50-51-29-31(34)2-4-33/h28,31H,2-27,29,33-34H2,1H3,(H,35,39)/t31-/m1/s1. The van der Waals surface area contributed by atoms with Crippen molar-refractivity contribution in [3.05, 3.63) is 11.9 Å². The molecule has 0 saturated heterocycles. The maximum Gasteiger partial charge on any atom is 0.220 e. The van der Waals surface area contributed by atoms with E-state index in [0.29, 0.717) is 158 Å². The minimum atomic E-state index is 0.0217. The molecule has 1 amide bonds. The highest BCUT2D eigenvalue weighted by molar-refractivity contribution is 8.76. The third kappa shape index (κ3) is 35.6. The number of ether oxygens (including phenoxy) is 10. The van der Waals surface area contributed by atoms with Gasteiger partial charge in [0.25, 0.3) is 0 Å². The van der Waals surface area contributed by atoms with Gasteiger partial charge in [0.2, 0.25) is 5.91 Å². The number of hydrogen-bond donors (Lipinski definition) is 3. The van der Waals surface area contributed by atoms with Crippen molar-refractivity contribution in [3.8, 4) is 0 Å². The van der Waals surface area contributed by atoms with Crippen LogP contribution < -0.4 is 16.8 Å². The Balaban J connectivity index is 1.64. The van der Waals surface area contributed by atoms with Crippen molar-refractivity contribution in [2.45, 2.75) is 32.4 Å². The van der Waals surface area contributed by atoms with Gasteiger partial charge in [0.15, 0.2) is 0 Å². The number of amides is 1. The summed E-state index contributed by atoms with van der Waals surface area (Å²) < 4.78 is 56.6. The molecule has 0 saturated carbocycles. The lowest BCUT2D eigenvalue weighted by Gasteiger charge is -2.09. The summed E-state index contributed by atoms with van der Waals surface area (Å²) in [6, 6.07) is 0.115. The Kier molecular flexibility index (Phi) is 36.2. The summed E-state index contributed by atoms with van der Waals surface area (Å²) in [7, 11) is 3.34. The van der Waals surface area contributed by atoms with Gasteiger partial charge in [-0.2, -0.15) is 0 Å². The molecule has 0 spiro atoms. The van der Waals surface area contributed by atoms with Crippen LogP contribution in [0.4, 0.5) is 0 Å². The average molecular weight is 773 g/mol. The van der Waals surface area contributed by atoms with Gasteiger partial charge in [0.1, 0.15) is 0 Å². The van der Waals surface area contributed by atoms with Gasteiger partial charge in [-0.05, 0) is 19.9 Å². The number of aryl methyl sites for hydroxylation is 1. The summed E-state index contributed by atoms with van der Waals surface area (Å²) in [5.41, 5.74) is 12.3. The minimum absolute atomic E-state index is 0.0217. The first kappa shape index (κ1) is 47.9. The molecule has 1 aromatic heterocycles. The second kappa shape index (κ2) is 38.6. The van der Waals surface area contributed by atoms with Crippen LogP contribution in [0, 0.1) is 6.92 Å². The first-order valence-electron chi connectivity index (χ1n) is 17.7. The predicted octanol–water partition coefficient (Wildman–Crippen LogP) is 0.316. The molecule has 0 aliphatic rings. The molecule has 0 aromatic carbocycles. The predicted molar refractivity (Wildman–Crippen MR) is 197 cm³/mol. The number of carbonyl (C=O) groups excluding carboxylic acids is 1. The van der Waals surface area contributed by atoms with E-state index in [0.717, 1.165) is 23.6 Å². The summed E-state index contributed by atoms with van der Waals surface area (Å²) in [4.78, 5) is 11.8. The molecular formula is C32H64N6O11S2. The number of carbonyl (C=O) groups is 1. The van der Waals surface area contributed by atoms with Crippen LogP contribution in [0.25, 0.3) is 0 Å². The molecule has 0 unspecified atom stereocenters. The Morgan fingerprint density at radius 3 is 1.49 bits per heavy atom. The van der Waals surface area contributed by atoms with Crippen LogP contribution in [0.3, 0.4) is 0 Å². The third-order valence-electron chi connectivity index (χ3n) is 6.35. The van der Waals surface area contributed by atoms with E-state index in [1.54, 1.807) is 26.3 Å². The summed E-state index contributed by atoms with van der Waals surface area (Å²) in [5, 5.41) is 10.7. The lowest BCUT2D eigenvalue weighted by atomic mass is 10.2. The summed E-state index contributed by atoms with van der Waals surface area (Å²) in [5.74, 6) is 1.61. The van der Waals surface area contributed by atoms with Gasteiger partial charge in [-0.15, -0.1) is 5.10 Å². The van der Waals surface area contributed by atoms with Gasteiger partial charge in [0.05, 0.1) is 144 Å². The largest absolute Gasteiger partial charge is 0.377 e. The van der Waals surface area contributed by atoms with Crippen molar-refractivity contribution in [2.24, 2.45) is 11.5 Å². The lowest BCUT2D eigenvalue weighted by Crippen LogP contribution is -2.28. The molecule has 0 bridgehead atoms. The zero-order chi connectivity index (χ0) is 36.7. The molecule has 1 heterocycles. The van der Waals surface area contributed by atoms with Crippen LogP contribution in [0.1, 0.15) is 18.5 Å². The Morgan fingerprint density at radius 2 is 1.10 bits per heavy atom. The van der Waals surface area contributed by atoms with Gasteiger partial charge in [-0.3, -0.25) is 4.79 Å². The van der Waals surface area contributed by atoms with Crippen LogP contribution in [0.2, 0.25) is 0 Å². The molecule has 0 aliphatic heterocycles. The van der Waals surface area contributed by atoms with E-state index in [4.69, 9.17) is 58.8 Å². The number of nitrogens with two attached hydrogens (primary N) is 2. The minimum Gasteiger partial charge on any atom is -0.377 e. The number of hydrogen-bond acceptors (Lipinski definition) is 17. The molecule has 17 nitrogen and oxygen atoms in total. The summed E-state index contributed by atoms with van der Waals surface area (Å²) in [6.07, 6.45) is 3.17. The van der Waals surface area contributed by atoms with Crippen LogP contribution in [-0.2, 0) is 58.7 Å². The molecule has 1 atom stereocenters. The molecule has 1 aromatic rings. The average Bonchev–Trinajstić information content (AvgIpc) is 3.54. The number of nitrogens with one attached hydrogen (secondary N) is 1. The Bertz CT molecular complexity index is 885. The van der Waals surface area contributed by atoms with Crippen molar-refractivity contribution < 1.29 is 52.2 Å². The fraction of sp³-hybridized carbons (Fsp3) is 0.906. The molecule has 5 N–H and O–H groups in total. The number of aromatic nitrogens is 3. The van der Waals surface area contributed by atoms with Crippen LogP contribution in [-0.4, -0.2) is 184 Å². The summed E-state index contributed by atoms with van der Waals surface area (Å²) in [6.45, 7) is 13.6. The highest BCUT2D eigenvalue weighted by Gasteiger charge is 2.04. The first-order chi connectivity index (χ1) is 25.1. The zero-order valence-electron chi connectivity index (χ0n) is 30.6. The third-order valence-corrected chi connectivity index (χ3v) is 8.86. The Morgan fingerprint density at radius 1 is 0.686 bits per heavy atom. The topological polar surface area (TPSA) is 204 Å². The molecule has 0 fully saturated rings. The van der Waals surface area contributed by atoms with Gasteiger partial charge < -0.3 is 64.2 Å². The lowest BCUT2D eigenvalue weighted by molar-refractivity contribution is -0.120. The van der Waals surface area contributed by atoms with E-state index in [1.807, 2.05) is 13.1 Å². The van der Waals surface area contributed by atoms with Gasteiger partial charge in [-0.25, -0.2) is 4.68 Å². The van der Waals surface area contributed by atoms with Gasteiger partial charge in [0, 0.05) is 36.7 Å². The first-order valence-corrected chi connectivity index (χ1v) is 20.2. The van der Waals surface area contributed by atoms with Crippen LogP contribution >= 0.6 is 21.6 Å². The quantitative estimate of drug-likeness (QED) is 0.0606. The maximum absolute atomic E-state index is 11.8. The highest BCUT2D eigenvalue weighted by Crippen LogP contribution is 2.22. The maximum atomic E-state index is 11.8. The molecular weight excluding hydrogens is 709 g/mol. The van der Waals surface area contributed by atoms with E-state index in [1.165, 1.54) is 0 Å². The van der Waals surface area contributed by atoms with E-state index in [-0.39, 0.29) is 11.9 Å². The van der Waals surface area contributed by atoms with Crippen LogP contribution in [0.5, 0.6) is 0 Å². The number of nitrogens with zero attached hydrogens (tertiary/aromatic N) is 3. The van der Waals surface area contributed by atoms with E-state index in [2.05, 4.69) is 15.6 Å². The molecule has 0 aliphatic carbocycles. The fourth-order valence-corrected chi connectivity index (χ4v) is 5.96. The van der Waals surface area contributed by atoms with Crippen molar-refractivity contribution >= 4 is 27.5 Å². The van der Waals surface area contributed by atoms with E-state index >= 15 is 0 Å². The molecule has 300 valence electrons. The molecule has 51 heavy (non-hydrogen) atoms. The van der Waals surface area contributed by atoms with Gasteiger partial charge in [-0.1, -0.05) is 26.8 Å². The molecule has 0 radical (unpaired) electrons. The van der Waals surface area contributed by atoms with E-state index < -0.39 is 0 Å². The Hall–Kier alpha value is -1.17. The van der Waals surface area contributed by atoms with Crippen LogP contribution in [0.15, 0.2) is 6.20 Å². The van der Waals surface area contributed by atoms with Crippen molar-refractivity contribution in [2.75, 3.05) is 157 Å². The van der Waals surface area contributed by atoms with Gasteiger partial charge >= 0.3 is 0 Å². The van der Waals surface area contributed by atoms with Crippen molar-refractivity contribution in [3.63, 3.8) is 0 Å². The second-order valence-electron chi connectivity index (χ2n) is 10.8. The smallest absolute Gasteiger partial charge is 0.220 e. The molecule has 1 rings (SSSR count). The Labute approximate surface area is 311 Å². The van der Waals surface area contributed by atoms with Crippen molar-refractivity contribution in [1.29, 1.82) is 0 Å². The van der Waals surface area contributed by atoms with Crippen molar-refractivity contribution in [1.82, 2.24) is 20.3 Å².